The highest BCUT2D eigenvalue weighted by molar-refractivity contribution is 6.99. The standard InChI is InChI=1S/C23H25FN6O6S/c1-22(2,3)36-21(34)25-10-23-11-29(8-12(23)4-5-35-23)19-15(24)6-13-17(31)14(20(32)33)9-30(18(13)27-19)16-7-26-37-28-16/h6-7,9,12H,4-5,8,10-11H2,1-3H3,(H,25,34)(H,32,33). The molecular formula is C23H25FN6O6S. The number of pyridine rings is 2. The predicted octanol–water partition coefficient (Wildman–Crippen LogP) is 2.19. The Hall–Kier alpha value is -3.65. The lowest BCUT2D eigenvalue weighted by Gasteiger charge is -2.29. The van der Waals surface area contributed by atoms with Crippen LogP contribution in [0.2, 0.25) is 0 Å². The number of rotatable bonds is 5. The van der Waals surface area contributed by atoms with Gasteiger partial charge in [-0.1, -0.05) is 0 Å². The number of nitrogens with one attached hydrogen (secondary N) is 1. The summed E-state index contributed by atoms with van der Waals surface area (Å²) in [6.07, 6.45) is 2.67. The molecule has 5 heterocycles. The summed E-state index contributed by atoms with van der Waals surface area (Å²) in [4.78, 5) is 42.9. The Morgan fingerprint density at radius 2 is 2.19 bits per heavy atom. The van der Waals surface area contributed by atoms with Gasteiger partial charge in [0, 0.05) is 25.3 Å². The van der Waals surface area contributed by atoms with E-state index in [4.69, 9.17) is 9.47 Å². The van der Waals surface area contributed by atoms with E-state index in [0.29, 0.717) is 13.2 Å². The van der Waals surface area contributed by atoms with Crippen LogP contribution < -0.4 is 15.6 Å². The van der Waals surface area contributed by atoms with Gasteiger partial charge in [0.2, 0.25) is 5.43 Å². The second-order valence-electron chi connectivity index (χ2n) is 10.1. The third-order valence-corrected chi connectivity index (χ3v) is 6.94. The summed E-state index contributed by atoms with van der Waals surface area (Å²) in [5, 5.41) is 12.1. The molecule has 0 aromatic carbocycles. The molecule has 2 saturated heterocycles. The van der Waals surface area contributed by atoms with Crippen molar-refractivity contribution in [2.75, 3.05) is 31.1 Å². The zero-order chi connectivity index (χ0) is 26.5. The summed E-state index contributed by atoms with van der Waals surface area (Å²) in [7, 11) is 0. The summed E-state index contributed by atoms with van der Waals surface area (Å²) >= 11 is 0.896. The molecule has 0 aliphatic carbocycles. The third kappa shape index (κ3) is 4.62. The van der Waals surface area contributed by atoms with E-state index in [1.807, 2.05) is 0 Å². The summed E-state index contributed by atoms with van der Waals surface area (Å²) in [5.41, 5.74) is -2.74. The van der Waals surface area contributed by atoms with Gasteiger partial charge in [-0.15, -0.1) is 0 Å². The highest BCUT2D eigenvalue weighted by Gasteiger charge is 2.52. The maximum Gasteiger partial charge on any atom is 0.407 e. The molecule has 0 saturated carbocycles. The lowest BCUT2D eigenvalue weighted by molar-refractivity contribution is -0.000295. The van der Waals surface area contributed by atoms with Gasteiger partial charge >= 0.3 is 12.1 Å². The van der Waals surface area contributed by atoms with Gasteiger partial charge in [0.05, 0.1) is 36.4 Å². The number of halogens is 1. The highest BCUT2D eigenvalue weighted by Crippen LogP contribution is 2.41. The number of aromatic carboxylic acids is 1. The molecule has 3 aromatic heterocycles. The van der Waals surface area contributed by atoms with Crippen molar-refractivity contribution in [2.45, 2.75) is 38.4 Å². The second kappa shape index (κ2) is 9.03. The lowest BCUT2D eigenvalue weighted by atomic mass is 9.91. The quantitative estimate of drug-likeness (QED) is 0.501. The van der Waals surface area contributed by atoms with Gasteiger partial charge in [0.1, 0.15) is 16.8 Å². The fourth-order valence-corrected chi connectivity index (χ4v) is 5.26. The lowest BCUT2D eigenvalue weighted by Crippen LogP contribution is -2.49. The molecule has 0 bridgehead atoms. The van der Waals surface area contributed by atoms with E-state index in [2.05, 4.69) is 19.0 Å². The number of fused-ring (bicyclic) bond motifs is 2. The second-order valence-corrected chi connectivity index (χ2v) is 10.7. The average molecular weight is 533 g/mol. The van der Waals surface area contributed by atoms with Crippen LogP contribution in [0.4, 0.5) is 15.0 Å². The fraction of sp³-hybridized carbons (Fsp3) is 0.478. The smallest absolute Gasteiger partial charge is 0.407 e. The van der Waals surface area contributed by atoms with Crippen LogP contribution in [0.5, 0.6) is 0 Å². The van der Waals surface area contributed by atoms with Gasteiger partial charge in [0.15, 0.2) is 23.1 Å². The Labute approximate surface area is 214 Å². The van der Waals surface area contributed by atoms with E-state index >= 15 is 4.39 Å². The van der Waals surface area contributed by atoms with E-state index in [1.54, 1.807) is 25.7 Å². The molecule has 2 atom stereocenters. The monoisotopic (exact) mass is 532 g/mol. The number of carboxylic acids is 1. The van der Waals surface area contributed by atoms with Crippen LogP contribution in [0.3, 0.4) is 0 Å². The first-order valence-electron chi connectivity index (χ1n) is 11.6. The van der Waals surface area contributed by atoms with Crippen LogP contribution in [-0.2, 0) is 9.47 Å². The number of carbonyl (C=O) groups is 2. The minimum atomic E-state index is -1.45. The van der Waals surface area contributed by atoms with Gasteiger partial charge in [-0.3, -0.25) is 9.36 Å². The number of alkyl carbamates (subject to hydrolysis) is 1. The Morgan fingerprint density at radius 1 is 1.41 bits per heavy atom. The molecule has 2 unspecified atom stereocenters. The van der Waals surface area contributed by atoms with Crippen molar-refractivity contribution >= 4 is 40.6 Å². The van der Waals surface area contributed by atoms with Crippen LogP contribution >= 0.6 is 11.7 Å². The molecule has 2 fully saturated rings. The summed E-state index contributed by atoms with van der Waals surface area (Å²) in [5.74, 6) is -1.98. The van der Waals surface area contributed by atoms with Crippen molar-refractivity contribution in [2.24, 2.45) is 5.92 Å². The van der Waals surface area contributed by atoms with E-state index in [-0.39, 0.29) is 41.7 Å². The molecule has 2 aliphatic rings. The van der Waals surface area contributed by atoms with Crippen molar-refractivity contribution in [1.29, 1.82) is 0 Å². The Kier molecular flexibility index (Phi) is 6.10. The van der Waals surface area contributed by atoms with Crippen molar-refractivity contribution in [3.05, 3.63) is 40.1 Å². The number of aromatic nitrogens is 4. The average Bonchev–Trinajstić information content (AvgIpc) is 3.53. The fourth-order valence-electron chi connectivity index (χ4n) is 4.85. The third-order valence-electron chi connectivity index (χ3n) is 6.47. The van der Waals surface area contributed by atoms with E-state index in [9.17, 15) is 19.5 Å². The highest BCUT2D eigenvalue weighted by atomic mass is 32.1. The van der Waals surface area contributed by atoms with Gasteiger partial charge < -0.3 is 24.8 Å². The van der Waals surface area contributed by atoms with E-state index < -0.39 is 40.1 Å². The van der Waals surface area contributed by atoms with Crippen LogP contribution in [0.1, 0.15) is 37.6 Å². The first kappa shape index (κ1) is 25.0. The topological polar surface area (TPSA) is 149 Å². The SMILES string of the molecule is CC(C)(C)OC(=O)NCC12CN(c3nc4c(cc3F)c(=O)c(C(=O)O)cn4-c3cnsn3)CC1CCO2. The zero-order valence-corrected chi connectivity index (χ0v) is 21.2. The molecule has 1 amide bonds. The van der Waals surface area contributed by atoms with E-state index in [1.165, 1.54) is 10.8 Å². The van der Waals surface area contributed by atoms with Gasteiger partial charge in [0.25, 0.3) is 0 Å². The van der Waals surface area contributed by atoms with Crippen LogP contribution in [0.25, 0.3) is 16.9 Å². The number of anilines is 1. The zero-order valence-electron chi connectivity index (χ0n) is 20.4. The molecule has 0 spiro atoms. The summed E-state index contributed by atoms with van der Waals surface area (Å²) in [6, 6.07) is 1.00. The summed E-state index contributed by atoms with van der Waals surface area (Å²) < 4.78 is 36.2. The van der Waals surface area contributed by atoms with Crippen LogP contribution in [0.15, 0.2) is 23.3 Å². The molecule has 196 valence electrons. The molecule has 3 aromatic rings. The Balaban J connectivity index is 1.51. The molecule has 0 radical (unpaired) electrons. The molecule has 37 heavy (non-hydrogen) atoms. The molecular weight excluding hydrogens is 507 g/mol. The maximum atomic E-state index is 15.4. The number of carbonyl (C=O) groups excluding carboxylic acids is 1. The van der Waals surface area contributed by atoms with Crippen molar-refractivity contribution in [3.63, 3.8) is 0 Å². The maximum absolute atomic E-state index is 15.4. The van der Waals surface area contributed by atoms with Crippen molar-refractivity contribution < 1.29 is 28.6 Å². The number of hydrogen-bond donors (Lipinski definition) is 2. The predicted molar refractivity (Wildman–Crippen MR) is 131 cm³/mol. The number of nitrogens with zero attached hydrogens (tertiary/aromatic N) is 5. The minimum absolute atomic E-state index is 0.00125. The van der Waals surface area contributed by atoms with Gasteiger partial charge in [-0.25, -0.2) is 19.0 Å². The summed E-state index contributed by atoms with van der Waals surface area (Å²) in [6.45, 7) is 6.66. The number of amides is 1. The number of ether oxygens (including phenoxy) is 2. The first-order chi connectivity index (χ1) is 17.5. The first-order valence-corrected chi connectivity index (χ1v) is 12.3. The molecule has 14 heteroatoms. The van der Waals surface area contributed by atoms with Crippen molar-refractivity contribution in [3.8, 4) is 5.82 Å². The normalized spacial score (nSPS) is 21.3. The molecule has 5 rings (SSSR count). The van der Waals surface area contributed by atoms with Crippen LogP contribution in [-0.4, -0.2) is 72.9 Å². The minimum Gasteiger partial charge on any atom is -0.477 e. The number of carboxylic acid groups (broad SMARTS) is 1. The van der Waals surface area contributed by atoms with Crippen LogP contribution in [0, 0.1) is 11.7 Å². The Morgan fingerprint density at radius 3 is 2.86 bits per heavy atom. The number of hydrogen-bond acceptors (Lipinski definition) is 10. The van der Waals surface area contributed by atoms with Crippen molar-refractivity contribution in [1.82, 2.24) is 23.6 Å². The largest absolute Gasteiger partial charge is 0.477 e. The molecule has 12 nitrogen and oxygen atoms in total. The van der Waals surface area contributed by atoms with E-state index in [0.717, 1.165) is 30.4 Å². The molecule has 2 aliphatic heterocycles. The molecule has 2 N–H and O–H groups in total. The Bertz CT molecular complexity index is 1440. The van der Waals surface area contributed by atoms with Gasteiger partial charge in [-0.2, -0.15) is 8.75 Å². The van der Waals surface area contributed by atoms with Gasteiger partial charge in [-0.05, 0) is 33.3 Å².